The number of nitrogens with zero attached hydrogens (tertiary/aromatic N) is 2. The number of aryl methyl sites for hydroxylation is 2. The summed E-state index contributed by atoms with van der Waals surface area (Å²) in [5.74, 6) is -0.398. The molecule has 4 amide bonds. The van der Waals surface area contributed by atoms with Crippen LogP contribution in [-0.4, -0.2) is 58.6 Å². The Balaban J connectivity index is 1.01. The third-order valence-corrected chi connectivity index (χ3v) is 8.57. The molecule has 2 saturated heterocycles. The van der Waals surface area contributed by atoms with Crippen LogP contribution in [-0.2, 0) is 9.59 Å². The highest BCUT2D eigenvalue weighted by molar-refractivity contribution is 6.02. The molecule has 46 heavy (non-hydrogen) atoms. The van der Waals surface area contributed by atoms with Crippen LogP contribution in [0.15, 0.2) is 82.0 Å². The summed E-state index contributed by atoms with van der Waals surface area (Å²) in [6.45, 7) is 4.66. The van der Waals surface area contributed by atoms with Gasteiger partial charge < -0.3 is 29.3 Å². The van der Waals surface area contributed by atoms with E-state index in [0.717, 1.165) is 35.1 Å². The van der Waals surface area contributed by atoms with Gasteiger partial charge in [-0.25, -0.2) is 0 Å². The van der Waals surface area contributed by atoms with Gasteiger partial charge in [0.2, 0.25) is 11.8 Å². The minimum Gasteiger partial charge on any atom is -0.459 e. The highest BCUT2D eigenvalue weighted by atomic mass is 16.3. The number of anilines is 2. The summed E-state index contributed by atoms with van der Waals surface area (Å²) in [5, 5.41) is 5.88. The van der Waals surface area contributed by atoms with Gasteiger partial charge in [-0.15, -0.1) is 0 Å². The highest BCUT2D eigenvalue weighted by Crippen LogP contribution is 2.25. The van der Waals surface area contributed by atoms with Gasteiger partial charge in [0.15, 0.2) is 11.5 Å². The molecule has 10 heteroatoms. The lowest BCUT2D eigenvalue weighted by Gasteiger charge is -2.23. The minimum absolute atomic E-state index is 0.217. The monoisotopic (exact) mass is 620 g/mol. The second-order valence-corrected chi connectivity index (χ2v) is 11.7. The quantitative estimate of drug-likeness (QED) is 0.228. The van der Waals surface area contributed by atoms with Gasteiger partial charge >= 0.3 is 0 Å². The number of carbonyl (C=O) groups is 4. The summed E-state index contributed by atoms with van der Waals surface area (Å²) >= 11 is 0. The van der Waals surface area contributed by atoms with Crippen molar-refractivity contribution in [3.05, 3.63) is 107 Å². The normalized spacial score (nSPS) is 17.9. The van der Waals surface area contributed by atoms with Crippen LogP contribution in [0.25, 0.3) is 12.2 Å². The molecule has 0 radical (unpaired) electrons. The maximum Gasteiger partial charge on any atom is 0.290 e. The molecule has 0 aliphatic carbocycles. The fraction of sp³-hybridized carbons (Fsp3) is 0.278. The molecule has 0 unspecified atom stereocenters. The lowest BCUT2D eigenvalue weighted by Crippen LogP contribution is -2.43. The van der Waals surface area contributed by atoms with E-state index in [1.807, 2.05) is 74.5 Å². The van der Waals surface area contributed by atoms with Gasteiger partial charge in [-0.05, 0) is 87.1 Å². The zero-order valence-electron chi connectivity index (χ0n) is 25.8. The first-order valence-corrected chi connectivity index (χ1v) is 15.5. The van der Waals surface area contributed by atoms with E-state index in [2.05, 4.69) is 10.6 Å². The van der Waals surface area contributed by atoms with Gasteiger partial charge in [0.05, 0.1) is 12.5 Å². The van der Waals surface area contributed by atoms with Gasteiger partial charge in [0.25, 0.3) is 11.8 Å². The molecule has 2 aliphatic rings. The Bertz CT molecular complexity index is 1640. The number of nitrogens with one attached hydrogen (secondary N) is 2. The molecule has 2 aliphatic heterocycles. The van der Waals surface area contributed by atoms with Gasteiger partial charge in [-0.1, -0.05) is 36.4 Å². The topological polar surface area (TPSA) is 125 Å². The Morgan fingerprint density at radius 1 is 0.630 bits per heavy atom. The maximum absolute atomic E-state index is 13.1. The summed E-state index contributed by atoms with van der Waals surface area (Å²) in [4.78, 5) is 55.2. The molecule has 2 aromatic heterocycles. The number of hydrogen-bond donors (Lipinski definition) is 2. The largest absolute Gasteiger partial charge is 0.459 e. The molecule has 2 N–H and O–H groups in total. The number of benzene rings is 2. The smallest absolute Gasteiger partial charge is 0.290 e. The number of carbonyl (C=O) groups excluding carboxylic acids is 4. The average molecular weight is 621 g/mol. The minimum atomic E-state index is -0.546. The SMILES string of the molecule is Cc1ccoc1C(=O)N1CCC[C@H]1C(=O)Nc1ccc(C=Cc2ccc(NC(=O)[C@@H]3CCCN3C(=O)c3occc3C)cc2)cc1. The fourth-order valence-corrected chi connectivity index (χ4v) is 6.01. The molecule has 236 valence electrons. The van der Waals surface area contributed by atoms with Gasteiger partial charge in [0, 0.05) is 35.6 Å². The fourth-order valence-electron chi connectivity index (χ4n) is 6.01. The van der Waals surface area contributed by atoms with E-state index in [4.69, 9.17) is 8.83 Å². The Kier molecular flexibility index (Phi) is 8.87. The van der Waals surface area contributed by atoms with Crippen LogP contribution in [0, 0.1) is 13.8 Å². The van der Waals surface area contributed by atoms with Gasteiger partial charge in [-0.2, -0.15) is 0 Å². The standard InChI is InChI=1S/C36H36N4O6/c1-23-17-21-45-31(23)35(43)39-19-3-5-29(39)33(41)37-27-13-9-25(10-14-27)7-8-26-11-15-28(16-12-26)38-34(42)30-6-4-20-40(30)36(44)32-24(2)18-22-46-32/h7-18,21-22,29-30H,3-6,19-20H2,1-2H3,(H,37,41)(H,38,42)/t29-,30-/m0/s1. The molecule has 4 heterocycles. The number of hydrogen-bond acceptors (Lipinski definition) is 6. The van der Waals surface area contributed by atoms with E-state index in [-0.39, 0.29) is 35.1 Å². The summed E-state index contributed by atoms with van der Waals surface area (Å²) < 4.78 is 10.7. The van der Waals surface area contributed by atoms with Crippen molar-refractivity contribution in [1.82, 2.24) is 9.80 Å². The Labute approximate surface area is 267 Å². The number of amides is 4. The van der Waals surface area contributed by atoms with E-state index in [1.165, 1.54) is 12.5 Å². The van der Waals surface area contributed by atoms with Gasteiger partial charge in [0.1, 0.15) is 12.1 Å². The number of likely N-dealkylation sites (tertiary alicyclic amines) is 2. The number of rotatable bonds is 8. The average Bonchev–Trinajstić information content (AvgIpc) is 3.88. The van der Waals surface area contributed by atoms with Crippen molar-refractivity contribution in [3.63, 3.8) is 0 Å². The van der Waals surface area contributed by atoms with E-state index in [0.29, 0.717) is 37.3 Å². The Morgan fingerprint density at radius 3 is 1.37 bits per heavy atom. The first kappa shape index (κ1) is 30.6. The molecule has 2 aromatic carbocycles. The van der Waals surface area contributed by atoms with Crippen molar-refractivity contribution >= 4 is 47.2 Å². The summed E-state index contributed by atoms with van der Waals surface area (Å²) in [7, 11) is 0. The molecular weight excluding hydrogens is 584 g/mol. The second kappa shape index (κ2) is 13.3. The van der Waals surface area contributed by atoms with Crippen molar-refractivity contribution in [2.45, 2.75) is 51.6 Å². The maximum atomic E-state index is 13.1. The first-order valence-electron chi connectivity index (χ1n) is 15.5. The summed E-state index contributed by atoms with van der Waals surface area (Å²) in [6.07, 6.45) is 9.61. The predicted octanol–water partition coefficient (Wildman–Crippen LogP) is 6.15. The zero-order chi connectivity index (χ0) is 32.2. The molecule has 0 bridgehead atoms. The molecule has 2 fully saturated rings. The Morgan fingerprint density at radius 2 is 1.02 bits per heavy atom. The van der Waals surface area contributed by atoms with Crippen LogP contribution >= 0.6 is 0 Å². The predicted molar refractivity (Wildman–Crippen MR) is 174 cm³/mol. The van der Waals surface area contributed by atoms with Crippen LogP contribution in [0.1, 0.15) is 69.0 Å². The summed E-state index contributed by atoms with van der Waals surface area (Å²) in [5.41, 5.74) is 4.70. The molecule has 0 saturated carbocycles. The Hall–Kier alpha value is -5.38. The van der Waals surface area contributed by atoms with Crippen molar-refractivity contribution in [2.24, 2.45) is 0 Å². The van der Waals surface area contributed by atoms with Crippen LogP contribution in [0.4, 0.5) is 11.4 Å². The molecule has 10 nitrogen and oxygen atoms in total. The molecular formula is C36H36N4O6. The highest BCUT2D eigenvalue weighted by Gasteiger charge is 2.37. The lowest BCUT2D eigenvalue weighted by molar-refractivity contribution is -0.120. The van der Waals surface area contributed by atoms with Crippen molar-refractivity contribution in [1.29, 1.82) is 0 Å². The van der Waals surface area contributed by atoms with Crippen LogP contribution in [0.2, 0.25) is 0 Å². The first-order chi connectivity index (χ1) is 22.3. The van der Waals surface area contributed by atoms with E-state index in [9.17, 15) is 19.2 Å². The van der Waals surface area contributed by atoms with E-state index in [1.54, 1.807) is 21.9 Å². The van der Waals surface area contributed by atoms with Crippen LogP contribution in [0.3, 0.4) is 0 Å². The zero-order valence-corrected chi connectivity index (χ0v) is 25.8. The molecule has 6 rings (SSSR count). The van der Waals surface area contributed by atoms with Crippen molar-refractivity contribution in [2.75, 3.05) is 23.7 Å². The van der Waals surface area contributed by atoms with Crippen LogP contribution < -0.4 is 10.6 Å². The lowest BCUT2D eigenvalue weighted by atomic mass is 10.1. The van der Waals surface area contributed by atoms with Crippen molar-refractivity contribution in [3.8, 4) is 0 Å². The molecule has 2 atom stereocenters. The van der Waals surface area contributed by atoms with E-state index < -0.39 is 12.1 Å². The third kappa shape index (κ3) is 6.51. The molecule has 0 spiro atoms. The van der Waals surface area contributed by atoms with E-state index >= 15 is 0 Å². The third-order valence-electron chi connectivity index (χ3n) is 8.57. The van der Waals surface area contributed by atoms with Crippen molar-refractivity contribution < 1.29 is 28.0 Å². The van der Waals surface area contributed by atoms with Gasteiger partial charge in [-0.3, -0.25) is 19.2 Å². The molecule has 4 aromatic rings. The second-order valence-electron chi connectivity index (χ2n) is 11.7. The van der Waals surface area contributed by atoms with Crippen LogP contribution in [0.5, 0.6) is 0 Å². The number of furan rings is 2. The summed E-state index contributed by atoms with van der Waals surface area (Å²) in [6, 6.07) is 17.3.